The van der Waals surface area contributed by atoms with Crippen LogP contribution in [0, 0.1) is 5.92 Å². The molecule has 1 saturated carbocycles. The molecule has 4 aromatic carbocycles. The van der Waals surface area contributed by atoms with Crippen LogP contribution in [0.1, 0.15) is 56.5 Å². The number of phenols is 6. The third-order valence-electron chi connectivity index (χ3n) is 16.1. The van der Waals surface area contributed by atoms with Gasteiger partial charge in [0.25, 0.3) is 0 Å². The molecule has 29 heteroatoms. The number of ketones is 1. The van der Waals surface area contributed by atoms with Gasteiger partial charge < -0.3 is 128 Å². The Hall–Kier alpha value is -6.88. The van der Waals surface area contributed by atoms with Gasteiger partial charge in [-0.15, -0.1) is 0 Å². The quantitative estimate of drug-likeness (QED) is 0.0176. The Balaban J connectivity index is 0.857. The van der Waals surface area contributed by atoms with Crippen molar-refractivity contribution in [1.82, 2.24) is 0 Å². The van der Waals surface area contributed by atoms with Crippen LogP contribution in [0.5, 0.6) is 57.5 Å². The van der Waals surface area contributed by atoms with E-state index in [-0.39, 0.29) is 34.1 Å². The van der Waals surface area contributed by atoms with E-state index in [9.17, 15) is 81.1 Å². The monoisotopic (exact) mass is 1210 g/mol. The van der Waals surface area contributed by atoms with Crippen molar-refractivity contribution in [3.63, 3.8) is 0 Å². The minimum absolute atomic E-state index is 0.0265. The molecule has 4 aliphatic heterocycles. The summed E-state index contributed by atoms with van der Waals surface area (Å²) in [6.45, 7) is 4.74. The number of fused-ring (bicyclic) bond motifs is 3. The molecule has 468 valence electrons. The maximum absolute atomic E-state index is 14.4. The van der Waals surface area contributed by atoms with Crippen molar-refractivity contribution in [2.24, 2.45) is 5.92 Å². The second kappa shape index (κ2) is 24.4. The highest BCUT2D eigenvalue weighted by atomic mass is 17.2. The predicted molar refractivity (Wildman–Crippen MR) is 285 cm³/mol. The van der Waals surface area contributed by atoms with Gasteiger partial charge in [0.2, 0.25) is 23.3 Å². The van der Waals surface area contributed by atoms with E-state index in [1.807, 2.05) is 20.8 Å². The number of aliphatic hydroxyl groups is 8. The maximum Gasteiger partial charge on any atom is 0.239 e. The third-order valence-corrected chi connectivity index (χ3v) is 16.1. The van der Waals surface area contributed by atoms with Crippen LogP contribution < -0.4 is 24.5 Å². The van der Waals surface area contributed by atoms with Crippen molar-refractivity contribution >= 4 is 16.8 Å². The molecule has 1 aliphatic carbocycles. The minimum Gasteiger partial charge on any atom is -0.508 e. The van der Waals surface area contributed by atoms with Gasteiger partial charge in [-0.1, -0.05) is 0 Å². The summed E-state index contributed by atoms with van der Waals surface area (Å²) >= 11 is 0. The summed E-state index contributed by atoms with van der Waals surface area (Å²) in [7, 11) is 1.25. The summed E-state index contributed by atoms with van der Waals surface area (Å²) in [4.78, 5) is 39.7. The van der Waals surface area contributed by atoms with Crippen molar-refractivity contribution in [2.75, 3.05) is 27.1 Å². The topological polar surface area (TPSA) is 441 Å². The van der Waals surface area contributed by atoms with E-state index in [0.717, 1.165) is 42.5 Å². The van der Waals surface area contributed by atoms with E-state index in [4.69, 9.17) is 61.6 Å². The summed E-state index contributed by atoms with van der Waals surface area (Å²) in [6, 6.07) is 10.4. The molecule has 10 rings (SSSR count). The third kappa shape index (κ3) is 11.9. The average Bonchev–Trinajstić information content (AvgIpc) is 1.57. The van der Waals surface area contributed by atoms with E-state index >= 15 is 0 Å². The number of carbonyl (C=O) groups is 1. The highest BCUT2D eigenvalue weighted by Crippen LogP contribution is 2.55. The Labute approximate surface area is 487 Å². The van der Waals surface area contributed by atoms with Crippen LogP contribution in [0.4, 0.5) is 0 Å². The van der Waals surface area contributed by atoms with Gasteiger partial charge in [0.1, 0.15) is 101 Å². The summed E-state index contributed by atoms with van der Waals surface area (Å²) in [5.41, 5.74) is -3.39. The molecule has 18 unspecified atom stereocenters. The van der Waals surface area contributed by atoms with Gasteiger partial charge >= 0.3 is 0 Å². The number of methoxy groups -OCH3 is 1. The molecule has 5 heterocycles. The van der Waals surface area contributed by atoms with Crippen molar-refractivity contribution in [2.45, 2.75) is 150 Å². The number of phenolic OH excluding ortho intramolecular Hbond substituents is 6. The van der Waals surface area contributed by atoms with E-state index in [0.29, 0.717) is 12.8 Å². The van der Waals surface area contributed by atoms with Gasteiger partial charge in [0.05, 0.1) is 43.7 Å². The molecule has 86 heavy (non-hydrogen) atoms. The number of carbonyl (C=O) groups excluding carboxylic acids is 1. The summed E-state index contributed by atoms with van der Waals surface area (Å²) in [6.07, 6.45) is -25.6. The normalized spacial score (nSPS) is 33.2. The first-order valence-corrected chi connectivity index (χ1v) is 27.1. The SMILES string of the molecule is COc1cc(-c2oc3cc(O)cc(O)c3c(=O)c2OC2OC(COC3OC(C)C(O)C(OOc4cc(O)cc(OCOC5C(O)C(CO)OC(OC6CC7CC6(C)OC7(C)C)C5O)c4C(=O)c4ccc(O)c(O)c4)C3O)C(O)C(O)C2O)ccc1O. The standard InChI is InChI=1S/C57H66O29/c1-21-40(65)51(48(73)53(78-21)75-19-36-42(67)45(70)46(71)54(81-36)83-52-44(69)38-30(64)13-25(59)15-33(38)79-49(52)23-7-9-28(62)31(11-23)74-5)85-84-34-16-26(60)14-32(39(34)41(66)22-6-8-27(61)29(63)10-22)76-20-77-50-43(68)35(18-58)80-55(47(50)72)82-37-12-24-17-57(37,4)86-56(24,2)3/h6-11,13-16,21,24,35-37,40,42-43,45-48,50-51,53-55,58-65,67-68,70-73H,12,17-20H2,1-5H3. The van der Waals surface area contributed by atoms with Gasteiger partial charge in [0.15, 0.2) is 60.0 Å². The van der Waals surface area contributed by atoms with Crippen LogP contribution in [-0.4, -0.2) is 214 Å². The first-order chi connectivity index (χ1) is 40.7. The lowest BCUT2D eigenvalue weighted by Crippen LogP contribution is -2.62. The number of aromatic hydroxyl groups is 6. The number of aliphatic hydroxyl groups excluding tert-OH is 8. The Kier molecular flexibility index (Phi) is 17.6. The van der Waals surface area contributed by atoms with Crippen LogP contribution in [0.2, 0.25) is 0 Å². The van der Waals surface area contributed by atoms with E-state index in [1.54, 1.807) is 0 Å². The smallest absolute Gasteiger partial charge is 0.239 e. The second-order valence-electron chi connectivity index (χ2n) is 22.3. The fourth-order valence-corrected chi connectivity index (χ4v) is 11.4. The number of hydrogen-bond acceptors (Lipinski definition) is 29. The molecule has 5 aromatic rings. The van der Waals surface area contributed by atoms with Gasteiger partial charge in [0, 0.05) is 35.4 Å². The number of benzene rings is 4. The fraction of sp³-hybridized carbons (Fsp3) is 0.509. The molecular formula is C57H66O29. The molecular weight excluding hydrogens is 1150 g/mol. The molecule has 29 nitrogen and oxygen atoms in total. The molecule has 0 radical (unpaired) electrons. The molecule has 1 aromatic heterocycles. The van der Waals surface area contributed by atoms with E-state index < -0.39 is 203 Å². The molecule has 14 N–H and O–H groups in total. The average molecular weight is 1220 g/mol. The summed E-state index contributed by atoms with van der Waals surface area (Å²) in [5, 5.41) is 151. The Morgan fingerprint density at radius 2 is 1.37 bits per heavy atom. The van der Waals surface area contributed by atoms with Crippen molar-refractivity contribution in [3.05, 3.63) is 82.0 Å². The Bertz CT molecular complexity index is 3350. The van der Waals surface area contributed by atoms with Gasteiger partial charge in [-0.05, 0) is 82.9 Å². The van der Waals surface area contributed by atoms with Gasteiger partial charge in [-0.3, -0.25) is 9.59 Å². The molecule has 4 saturated heterocycles. The molecule has 0 spiro atoms. The fourth-order valence-electron chi connectivity index (χ4n) is 11.4. The van der Waals surface area contributed by atoms with Crippen LogP contribution >= 0.6 is 0 Å². The largest absolute Gasteiger partial charge is 0.508 e. The van der Waals surface area contributed by atoms with Gasteiger partial charge in [-0.25, -0.2) is 0 Å². The highest BCUT2D eigenvalue weighted by molar-refractivity contribution is 6.13. The Morgan fingerprint density at radius 1 is 0.674 bits per heavy atom. The summed E-state index contributed by atoms with van der Waals surface area (Å²) in [5.74, 6) is -6.77. The van der Waals surface area contributed by atoms with Crippen molar-refractivity contribution in [3.8, 4) is 68.8 Å². The van der Waals surface area contributed by atoms with Crippen LogP contribution in [-0.2, 0) is 38.0 Å². The second-order valence-corrected chi connectivity index (χ2v) is 22.3. The number of ether oxygens (including phenoxy) is 10. The predicted octanol–water partition coefficient (Wildman–Crippen LogP) is 0.505. The Morgan fingerprint density at radius 3 is 2.06 bits per heavy atom. The zero-order chi connectivity index (χ0) is 62.0. The highest BCUT2D eigenvalue weighted by Gasteiger charge is 2.61. The lowest BCUT2D eigenvalue weighted by molar-refractivity contribution is -0.363. The van der Waals surface area contributed by atoms with Gasteiger partial charge in [-0.2, -0.15) is 4.89 Å². The summed E-state index contributed by atoms with van der Waals surface area (Å²) < 4.78 is 64.4. The van der Waals surface area contributed by atoms with Crippen LogP contribution in [0.3, 0.4) is 0 Å². The zero-order valence-electron chi connectivity index (χ0n) is 46.5. The number of rotatable bonds is 19. The lowest BCUT2D eigenvalue weighted by Gasteiger charge is -2.45. The first kappa shape index (κ1) is 62.2. The van der Waals surface area contributed by atoms with Crippen molar-refractivity contribution in [1.29, 1.82) is 0 Å². The lowest BCUT2D eigenvalue weighted by atomic mass is 9.90. The number of hydrogen-bond donors (Lipinski definition) is 14. The van der Waals surface area contributed by atoms with Crippen molar-refractivity contribution < 1.29 is 138 Å². The molecule has 2 bridgehead atoms. The molecule has 5 aliphatic rings. The molecule has 18 atom stereocenters. The zero-order valence-corrected chi connectivity index (χ0v) is 46.5. The first-order valence-electron chi connectivity index (χ1n) is 27.1. The molecule has 5 fully saturated rings. The molecule has 0 amide bonds. The van der Waals surface area contributed by atoms with Crippen LogP contribution in [0.15, 0.2) is 69.9 Å². The minimum atomic E-state index is -2.11. The maximum atomic E-state index is 14.4. The van der Waals surface area contributed by atoms with E-state index in [2.05, 4.69) is 0 Å². The van der Waals surface area contributed by atoms with E-state index in [1.165, 1.54) is 32.2 Å². The van der Waals surface area contributed by atoms with Crippen LogP contribution in [0.25, 0.3) is 22.3 Å².